The minimum atomic E-state index is -0.314. The van der Waals surface area contributed by atoms with Crippen LogP contribution in [-0.4, -0.2) is 29.2 Å². The SMILES string of the molecule is CCOCc1ccccc1CNC(=O)c1cccc(CN2C(=O)c3ccccc3C2=O)c1. The predicted octanol–water partition coefficient (Wildman–Crippen LogP) is 3.95. The molecule has 0 aromatic heterocycles. The number of benzene rings is 3. The lowest BCUT2D eigenvalue weighted by Gasteiger charge is -2.15. The summed E-state index contributed by atoms with van der Waals surface area (Å²) in [6, 6.07) is 21.6. The molecule has 0 bridgehead atoms. The van der Waals surface area contributed by atoms with E-state index in [2.05, 4.69) is 5.32 Å². The molecule has 0 aliphatic carbocycles. The van der Waals surface area contributed by atoms with Crippen molar-refractivity contribution in [1.29, 1.82) is 0 Å². The summed E-state index contributed by atoms with van der Waals surface area (Å²) >= 11 is 0. The number of carbonyl (C=O) groups is 3. The lowest BCUT2D eigenvalue weighted by molar-refractivity contribution is 0.0642. The van der Waals surface area contributed by atoms with Crippen LogP contribution < -0.4 is 5.32 Å². The lowest BCUT2D eigenvalue weighted by atomic mass is 10.1. The van der Waals surface area contributed by atoms with Crippen molar-refractivity contribution < 1.29 is 19.1 Å². The molecule has 3 amide bonds. The number of amides is 3. The second-order valence-corrected chi connectivity index (χ2v) is 7.53. The molecule has 0 saturated carbocycles. The van der Waals surface area contributed by atoms with Crippen molar-refractivity contribution >= 4 is 17.7 Å². The van der Waals surface area contributed by atoms with Crippen LogP contribution in [0.5, 0.6) is 0 Å². The molecule has 1 aliphatic rings. The molecule has 3 aromatic carbocycles. The Hall–Kier alpha value is -3.77. The summed E-state index contributed by atoms with van der Waals surface area (Å²) < 4.78 is 5.50. The summed E-state index contributed by atoms with van der Waals surface area (Å²) in [5.74, 6) is -0.849. The first-order valence-corrected chi connectivity index (χ1v) is 10.6. The Morgan fingerprint density at radius 2 is 1.53 bits per heavy atom. The van der Waals surface area contributed by atoms with Crippen molar-refractivity contribution in [2.45, 2.75) is 26.6 Å². The molecular weight excluding hydrogens is 404 g/mol. The average molecular weight is 428 g/mol. The number of imide groups is 1. The first-order chi connectivity index (χ1) is 15.6. The number of nitrogens with zero attached hydrogens (tertiary/aromatic N) is 1. The van der Waals surface area contributed by atoms with Gasteiger partial charge in [-0.15, -0.1) is 0 Å². The molecule has 0 spiro atoms. The topological polar surface area (TPSA) is 75.7 Å². The van der Waals surface area contributed by atoms with Gasteiger partial charge in [-0.3, -0.25) is 19.3 Å². The zero-order chi connectivity index (χ0) is 22.5. The van der Waals surface area contributed by atoms with Crippen LogP contribution in [0.4, 0.5) is 0 Å². The van der Waals surface area contributed by atoms with Crippen LogP contribution in [0.3, 0.4) is 0 Å². The monoisotopic (exact) mass is 428 g/mol. The van der Waals surface area contributed by atoms with Crippen LogP contribution in [0.25, 0.3) is 0 Å². The van der Waals surface area contributed by atoms with E-state index in [-0.39, 0.29) is 24.3 Å². The smallest absolute Gasteiger partial charge is 0.261 e. The third kappa shape index (κ3) is 4.45. The third-order valence-corrected chi connectivity index (χ3v) is 5.43. The maximum absolute atomic E-state index is 12.8. The zero-order valence-electron chi connectivity index (χ0n) is 17.8. The Kier molecular flexibility index (Phi) is 6.42. The van der Waals surface area contributed by atoms with Gasteiger partial charge in [0.25, 0.3) is 17.7 Å². The molecular formula is C26H24N2O4. The standard InChI is InChI=1S/C26H24N2O4/c1-2-32-17-21-10-4-3-9-20(21)15-27-24(29)19-11-7-8-18(14-19)16-28-25(30)22-12-5-6-13-23(22)26(28)31/h3-14H,2,15-17H2,1H3,(H,27,29). The molecule has 6 heteroatoms. The first-order valence-electron chi connectivity index (χ1n) is 10.6. The summed E-state index contributed by atoms with van der Waals surface area (Å²) in [7, 11) is 0. The highest BCUT2D eigenvalue weighted by Gasteiger charge is 2.34. The van der Waals surface area contributed by atoms with Crippen LogP contribution >= 0.6 is 0 Å². The maximum Gasteiger partial charge on any atom is 0.261 e. The van der Waals surface area contributed by atoms with Gasteiger partial charge in [0.1, 0.15) is 0 Å². The quantitative estimate of drug-likeness (QED) is 0.551. The highest BCUT2D eigenvalue weighted by Crippen LogP contribution is 2.24. The van der Waals surface area contributed by atoms with Gasteiger partial charge in [0.15, 0.2) is 0 Å². The minimum absolute atomic E-state index is 0.116. The van der Waals surface area contributed by atoms with Gasteiger partial charge in [0.05, 0.1) is 24.3 Å². The van der Waals surface area contributed by atoms with E-state index in [9.17, 15) is 14.4 Å². The fourth-order valence-electron chi connectivity index (χ4n) is 3.74. The Morgan fingerprint density at radius 3 is 2.22 bits per heavy atom. The van der Waals surface area contributed by atoms with Crippen molar-refractivity contribution in [2.24, 2.45) is 0 Å². The number of fused-ring (bicyclic) bond motifs is 1. The largest absolute Gasteiger partial charge is 0.377 e. The van der Waals surface area contributed by atoms with Crippen LogP contribution in [0.1, 0.15) is 54.7 Å². The molecule has 3 aromatic rings. The Balaban J connectivity index is 1.43. The summed E-state index contributed by atoms with van der Waals surface area (Å²) in [5, 5.41) is 2.94. The number of rotatable bonds is 8. The Bertz CT molecular complexity index is 1140. The summed E-state index contributed by atoms with van der Waals surface area (Å²) in [6.45, 7) is 3.56. The predicted molar refractivity (Wildman–Crippen MR) is 120 cm³/mol. The van der Waals surface area contributed by atoms with Crippen LogP contribution in [0.2, 0.25) is 0 Å². The van der Waals surface area contributed by atoms with Crippen molar-refractivity contribution in [3.8, 4) is 0 Å². The van der Waals surface area contributed by atoms with Crippen molar-refractivity contribution in [3.63, 3.8) is 0 Å². The van der Waals surface area contributed by atoms with Gasteiger partial charge in [0.2, 0.25) is 0 Å². The highest BCUT2D eigenvalue weighted by atomic mass is 16.5. The molecule has 1 N–H and O–H groups in total. The molecule has 0 radical (unpaired) electrons. The molecule has 0 atom stereocenters. The second kappa shape index (κ2) is 9.58. The first kappa shape index (κ1) is 21.5. The van der Waals surface area contributed by atoms with Gasteiger partial charge in [-0.05, 0) is 47.9 Å². The van der Waals surface area contributed by atoms with Crippen LogP contribution in [-0.2, 0) is 24.4 Å². The highest BCUT2D eigenvalue weighted by molar-refractivity contribution is 6.21. The minimum Gasteiger partial charge on any atom is -0.377 e. The third-order valence-electron chi connectivity index (χ3n) is 5.43. The van der Waals surface area contributed by atoms with E-state index in [0.29, 0.717) is 42.0 Å². The molecule has 4 rings (SSSR count). The summed E-state index contributed by atoms with van der Waals surface area (Å²) in [5.41, 5.74) is 4.05. The van der Waals surface area contributed by atoms with E-state index in [1.165, 1.54) is 4.90 Å². The molecule has 32 heavy (non-hydrogen) atoms. The number of hydrogen-bond acceptors (Lipinski definition) is 4. The van der Waals surface area contributed by atoms with Gasteiger partial charge in [0, 0.05) is 18.7 Å². The number of nitrogens with one attached hydrogen (secondary N) is 1. The van der Waals surface area contributed by atoms with E-state index in [0.717, 1.165) is 11.1 Å². The number of ether oxygens (including phenoxy) is 1. The van der Waals surface area contributed by atoms with E-state index in [4.69, 9.17) is 4.74 Å². The van der Waals surface area contributed by atoms with E-state index >= 15 is 0 Å². The van der Waals surface area contributed by atoms with E-state index < -0.39 is 0 Å². The van der Waals surface area contributed by atoms with Crippen LogP contribution in [0, 0.1) is 0 Å². The van der Waals surface area contributed by atoms with Gasteiger partial charge >= 0.3 is 0 Å². The van der Waals surface area contributed by atoms with Crippen molar-refractivity contribution in [2.75, 3.05) is 6.61 Å². The maximum atomic E-state index is 12.8. The number of hydrogen-bond donors (Lipinski definition) is 1. The fraction of sp³-hybridized carbons (Fsp3) is 0.192. The molecule has 0 saturated heterocycles. The van der Waals surface area contributed by atoms with E-state index in [1.807, 2.05) is 31.2 Å². The zero-order valence-corrected chi connectivity index (χ0v) is 17.8. The van der Waals surface area contributed by atoms with Crippen molar-refractivity contribution in [1.82, 2.24) is 10.2 Å². The molecule has 0 unspecified atom stereocenters. The number of carbonyl (C=O) groups excluding carboxylic acids is 3. The van der Waals surface area contributed by atoms with Gasteiger partial charge in [-0.1, -0.05) is 48.5 Å². The molecule has 6 nitrogen and oxygen atoms in total. The van der Waals surface area contributed by atoms with Gasteiger partial charge < -0.3 is 10.1 Å². The average Bonchev–Trinajstić information content (AvgIpc) is 3.07. The Morgan fingerprint density at radius 1 is 0.875 bits per heavy atom. The summed E-state index contributed by atoms with van der Waals surface area (Å²) in [4.78, 5) is 39.2. The molecule has 1 heterocycles. The molecule has 162 valence electrons. The van der Waals surface area contributed by atoms with Gasteiger partial charge in [-0.2, -0.15) is 0 Å². The normalized spacial score (nSPS) is 12.7. The van der Waals surface area contributed by atoms with Crippen molar-refractivity contribution in [3.05, 3.63) is 106 Å². The second-order valence-electron chi connectivity index (χ2n) is 7.53. The fourth-order valence-corrected chi connectivity index (χ4v) is 3.74. The summed E-state index contributed by atoms with van der Waals surface area (Å²) in [6.07, 6.45) is 0. The van der Waals surface area contributed by atoms with Gasteiger partial charge in [-0.25, -0.2) is 0 Å². The molecule has 0 fully saturated rings. The van der Waals surface area contributed by atoms with Crippen LogP contribution in [0.15, 0.2) is 72.8 Å². The van der Waals surface area contributed by atoms with E-state index in [1.54, 1.807) is 48.5 Å². The molecule has 1 aliphatic heterocycles. The Labute approximate surface area is 186 Å². The lowest BCUT2D eigenvalue weighted by Crippen LogP contribution is -2.29.